The summed E-state index contributed by atoms with van der Waals surface area (Å²) in [6, 6.07) is 4.77. The maximum atomic E-state index is 13.6. The van der Waals surface area contributed by atoms with Gasteiger partial charge in [0, 0.05) is 38.4 Å². The van der Waals surface area contributed by atoms with Crippen LogP contribution < -0.4 is 5.56 Å². The standard InChI is InChI=1S/C18H15ClFN5O/c19-14-2-1-11(5-15(14)20)8-25-4-3-16-13(9-25)18(26)24-17(23-16)12-6-21-10-22-7-12/h1-2,5-7,10H,3-4,8-9H2,(H,23,24,26). The molecule has 0 atom stereocenters. The van der Waals surface area contributed by atoms with E-state index >= 15 is 0 Å². The Hall–Kier alpha value is -2.64. The molecule has 0 spiro atoms. The Labute approximate surface area is 153 Å². The normalized spacial score (nSPS) is 14.2. The van der Waals surface area contributed by atoms with Gasteiger partial charge in [0.1, 0.15) is 18.0 Å². The summed E-state index contributed by atoms with van der Waals surface area (Å²) >= 11 is 5.73. The molecular weight excluding hydrogens is 357 g/mol. The van der Waals surface area contributed by atoms with Crippen molar-refractivity contribution in [2.24, 2.45) is 0 Å². The van der Waals surface area contributed by atoms with Crippen molar-refractivity contribution in [1.82, 2.24) is 24.8 Å². The van der Waals surface area contributed by atoms with Crippen LogP contribution in [-0.2, 0) is 19.5 Å². The van der Waals surface area contributed by atoms with E-state index in [1.807, 2.05) is 0 Å². The van der Waals surface area contributed by atoms with Crippen LogP contribution in [0.4, 0.5) is 4.39 Å². The lowest BCUT2D eigenvalue weighted by Crippen LogP contribution is -2.35. The second-order valence-electron chi connectivity index (χ2n) is 6.18. The van der Waals surface area contributed by atoms with Gasteiger partial charge >= 0.3 is 0 Å². The molecule has 2 aromatic heterocycles. The molecule has 0 saturated carbocycles. The lowest BCUT2D eigenvalue weighted by Gasteiger charge is -2.27. The lowest BCUT2D eigenvalue weighted by atomic mass is 10.1. The molecule has 8 heteroatoms. The van der Waals surface area contributed by atoms with E-state index in [9.17, 15) is 9.18 Å². The van der Waals surface area contributed by atoms with E-state index in [1.54, 1.807) is 24.5 Å². The monoisotopic (exact) mass is 371 g/mol. The fraction of sp³-hybridized carbons (Fsp3) is 0.222. The number of hydrogen-bond donors (Lipinski definition) is 1. The number of halogens is 2. The van der Waals surface area contributed by atoms with Crippen LogP contribution in [0.3, 0.4) is 0 Å². The maximum Gasteiger partial charge on any atom is 0.255 e. The first-order chi connectivity index (χ1) is 12.6. The van der Waals surface area contributed by atoms with E-state index in [1.165, 1.54) is 12.4 Å². The average molecular weight is 372 g/mol. The molecule has 0 aliphatic carbocycles. The van der Waals surface area contributed by atoms with Crippen molar-refractivity contribution in [1.29, 1.82) is 0 Å². The van der Waals surface area contributed by atoms with E-state index in [2.05, 4.69) is 24.8 Å². The minimum Gasteiger partial charge on any atom is -0.306 e. The predicted octanol–water partition coefficient (Wildman–Crippen LogP) is 2.58. The van der Waals surface area contributed by atoms with Gasteiger partial charge in [0.2, 0.25) is 0 Å². The molecule has 6 nitrogen and oxygen atoms in total. The number of hydrogen-bond acceptors (Lipinski definition) is 5. The smallest absolute Gasteiger partial charge is 0.255 e. The molecule has 1 aromatic carbocycles. The van der Waals surface area contributed by atoms with Crippen LogP contribution in [0, 0.1) is 5.82 Å². The summed E-state index contributed by atoms with van der Waals surface area (Å²) in [5, 5.41) is 0.107. The highest BCUT2D eigenvalue weighted by Crippen LogP contribution is 2.21. The highest BCUT2D eigenvalue weighted by atomic mass is 35.5. The number of aromatic amines is 1. The lowest BCUT2D eigenvalue weighted by molar-refractivity contribution is 0.241. The van der Waals surface area contributed by atoms with Crippen LogP contribution in [-0.4, -0.2) is 31.4 Å². The van der Waals surface area contributed by atoms with Gasteiger partial charge in [0.05, 0.1) is 21.8 Å². The van der Waals surface area contributed by atoms with Crippen LogP contribution in [0.25, 0.3) is 11.4 Å². The Kier molecular flexibility index (Phi) is 4.48. The summed E-state index contributed by atoms with van der Waals surface area (Å²) in [6.07, 6.45) is 5.30. The first-order valence-electron chi connectivity index (χ1n) is 8.14. The largest absolute Gasteiger partial charge is 0.306 e. The third-order valence-corrected chi connectivity index (χ3v) is 4.68. The zero-order valence-corrected chi connectivity index (χ0v) is 14.5. The van der Waals surface area contributed by atoms with Gasteiger partial charge in [0.15, 0.2) is 0 Å². The topological polar surface area (TPSA) is 74.8 Å². The van der Waals surface area contributed by atoms with Gasteiger partial charge in [-0.1, -0.05) is 17.7 Å². The van der Waals surface area contributed by atoms with Crippen LogP contribution >= 0.6 is 11.6 Å². The number of nitrogens with zero attached hydrogens (tertiary/aromatic N) is 4. The summed E-state index contributed by atoms with van der Waals surface area (Å²) in [7, 11) is 0. The van der Waals surface area contributed by atoms with Gasteiger partial charge in [0.25, 0.3) is 5.56 Å². The second-order valence-corrected chi connectivity index (χ2v) is 6.58. The van der Waals surface area contributed by atoms with Crippen molar-refractivity contribution < 1.29 is 4.39 Å². The third kappa shape index (κ3) is 3.36. The fourth-order valence-electron chi connectivity index (χ4n) is 3.07. The van der Waals surface area contributed by atoms with E-state index in [-0.39, 0.29) is 10.6 Å². The Morgan fingerprint density at radius 3 is 2.85 bits per heavy atom. The zero-order valence-electron chi connectivity index (χ0n) is 13.7. The first kappa shape index (κ1) is 16.8. The average Bonchev–Trinajstić information content (AvgIpc) is 2.66. The molecule has 4 rings (SSSR count). The number of rotatable bonds is 3. The number of aromatic nitrogens is 4. The summed E-state index contributed by atoms with van der Waals surface area (Å²) in [5.41, 5.74) is 2.75. The maximum absolute atomic E-state index is 13.6. The molecule has 0 radical (unpaired) electrons. The number of fused-ring (bicyclic) bond motifs is 1. The molecule has 1 aliphatic rings. The zero-order chi connectivity index (χ0) is 18.1. The molecule has 0 saturated heterocycles. The fourth-order valence-corrected chi connectivity index (χ4v) is 3.19. The predicted molar refractivity (Wildman–Crippen MR) is 95.1 cm³/mol. The molecule has 0 amide bonds. The van der Waals surface area contributed by atoms with Gasteiger partial charge in [-0.2, -0.15) is 0 Å². The second kappa shape index (κ2) is 6.93. The summed E-state index contributed by atoms with van der Waals surface area (Å²) < 4.78 is 13.6. The summed E-state index contributed by atoms with van der Waals surface area (Å²) in [4.78, 5) is 29.9. The van der Waals surface area contributed by atoms with Crippen molar-refractivity contribution in [3.63, 3.8) is 0 Å². The minimum atomic E-state index is -0.434. The van der Waals surface area contributed by atoms with Gasteiger partial charge < -0.3 is 4.98 Å². The number of benzene rings is 1. The van der Waals surface area contributed by atoms with Gasteiger partial charge in [-0.05, 0) is 17.7 Å². The van der Waals surface area contributed by atoms with Crippen molar-refractivity contribution in [2.45, 2.75) is 19.5 Å². The summed E-state index contributed by atoms with van der Waals surface area (Å²) in [6.45, 7) is 1.74. The molecule has 132 valence electrons. The van der Waals surface area contributed by atoms with Crippen LogP contribution in [0.1, 0.15) is 16.8 Å². The molecule has 0 fully saturated rings. The van der Waals surface area contributed by atoms with Gasteiger partial charge in [-0.25, -0.2) is 19.3 Å². The molecular formula is C18H15ClFN5O. The molecule has 0 bridgehead atoms. The molecule has 26 heavy (non-hydrogen) atoms. The van der Waals surface area contributed by atoms with Crippen molar-refractivity contribution in [2.75, 3.05) is 6.54 Å². The van der Waals surface area contributed by atoms with Crippen molar-refractivity contribution in [3.05, 3.63) is 74.9 Å². The van der Waals surface area contributed by atoms with Crippen molar-refractivity contribution >= 4 is 11.6 Å². The Bertz CT molecular complexity index is 1010. The molecule has 1 aliphatic heterocycles. The van der Waals surface area contributed by atoms with E-state index < -0.39 is 5.82 Å². The highest BCUT2D eigenvalue weighted by Gasteiger charge is 2.22. The number of H-pyrrole nitrogens is 1. The molecule has 3 heterocycles. The minimum absolute atomic E-state index is 0.107. The van der Waals surface area contributed by atoms with E-state index in [0.717, 1.165) is 17.8 Å². The quantitative estimate of drug-likeness (QED) is 0.766. The Balaban J connectivity index is 1.57. The molecule has 3 aromatic rings. The summed E-state index contributed by atoms with van der Waals surface area (Å²) in [5.74, 6) is 0.0402. The van der Waals surface area contributed by atoms with E-state index in [0.29, 0.717) is 36.5 Å². The Morgan fingerprint density at radius 2 is 2.08 bits per heavy atom. The molecule has 1 N–H and O–H groups in total. The van der Waals surface area contributed by atoms with Gasteiger partial charge in [-0.15, -0.1) is 0 Å². The number of nitrogens with one attached hydrogen (secondary N) is 1. The van der Waals surface area contributed by atoms with Crippen molar-refractivity contribution in [3.8, 4) is 11.4 Å². The van der Waals surface area contributed by atoms with Crippen LogP contribution in [0.2, 0.25) is 5.02 Å². The van der Waals surface area contributed by atoms with Gasteiger partial charge in [-0.3, -0.25) is 9.69 Å². The SMILES string of the molecule is O=c1[nH]c(-c2cncnc2)nc2c1CN(Cc1ccc(Cl)c(F)c1)CC2. The highest BCUT2D eigenvalue weighted by molar-refractivity contribution is 6.30. The molecule has 0 unspecified atom stereocenters. The first-order valence-corrected chi connectivity index (χ1v) is 8.51. The van der Waals surface area contributed by atoms with Crippen LogP contribution in [0.5, 0.6) is 0 Å². The Morgan fingerprint density at radius 1 is 1.27 bits per heavy atom. The third-order valence-electron chi connectivity index (χ3n) is 4.37. The van der Waals surface area contributed by atoms with Crippen LogP contribution in [0.15, 0.2) is 41.7 Å². The van der Waals surface area contributed by atoms with E-state index in [4.69, 9.17) is 11.6 Å².